The van der Waals surface area contributed by atoms with Crippen LogP contribution in [0.2, 0.25) is 0 Å². The number of halogens is 1. The van der Waals surface area contributed by atoms with E-state index in [1.54, 1.807) is 30.3 Å². The lowest BCUT2D eigenvalue weighted by Gasteiger charge is -2.32. The maximum atomic E-state index is 13.2. The van der Waals surface area contributed by atoms with Gasteiger partial charge in [-0.15, -0.1) is 0 Å². The standard InChI is InChI=1S/C22H23FN4O3S/c1-15-6-8-18(12-16(15)2)31(28,29)27-10-11-30-20(14-27)19-4-3-5-22(25-19)26-21-9-7-17(23)13-24-21/h3-9,12-13,20H,10-11,14H2,1-2H3,(H,24,25,26)/t20-/m1/s1. The Balaban J connectivity index is 1.53. The molecule has 9 heteroatoms. The fourth-order valence-electron chi connectivity index (χ4n) is 3.33. The zero-order valence-corrected chi connectivity index (χ0v) is 18.1. The molecule has 1 fully saturated rings. The molecule has 0 unspecified atom stereocenters. The molecular formula is C22H23FN4O3S. The van der Waals surface area contributed by atoms with Crippen molar-refractivity contribution in [1.82, 2.24) is 14.3 Å². The Morgan fingerprint density at radius 2 is 1.94 bits per heavy atom. The van der Waals surface area contributed by atoms with Gasteiger partial charge in [0.1, 0.15) is 23.6 Å². The van der Waals surface area contributed by atoms with Crippen LogP contribution in [0.25, 0.3) is 0 Å². The summed E-state index contributed by atoms with van der Waals surface area (Å²) in [4.78, 5) is 8.78. The monoisotopic (exact) mass is 442 g/mol. The summed E-state index contributed by atoms with van der Waals surface area (Å²) in [5, 5.41) is 3.01. The molecule has 0 amide bonds. The van der Waals surface area contributed by atoms with E-state index in [2.05, 4.69) is 15.3 Å². The molecule has 0 bridgehead atoms. The highest BCUT2D eigenvalue weighted by atomic mass is 32.2. The first kappa shape index (κ1) is 21.4. The molecule has 1 aliphatic heterocycles. The fraction of sp³-hybridized carbons (Fsp3) is 0.273. The highest BCUT2D eigenvalue weighted by Gasteiger charge is 2.32. The van der Waals surface area contributed by atoms with Gasteiger partial charge >= 0.3 is 0 Å². The minimum Gasteiger partial charge on any atom is -0.369 e. The Kier molecular flexibility index (Phi) is 5.99. The second-order valence-electron chi connectivity index (χ2n) is 7.40. The quantitative estimate of drug-likeness (QED) is 0.648. The molecule has 162 valence electrons. The van der Waals surface area contributed by atoms with Gasteiger partial charge < -0.3 is 10.1 Å². The zero-order valence-electron chi connectivity index (χ0n) is 17.2. The van der Waals surface area contributed by atoms with E-state index in [9.17, 15) is 12.8 Å². The number of ether oxygens (including phenoxy) is 1. The first-order chi connectivity index (χ1) is 14.8. The highest BCUT2D eigenvalue weighted by Crippen LogP contribution is 2.27. The van der Waals surface area contributed by atoms with E-state index in [4.69, 9.17) is 4.74 Å². The predicted molar refractivity (Wildman–Crippen MR) is 115 cm³/mol. The second-order valence-corrected chi connectivity index (χ2v) is 9.34. The zero-order chi connectivity index (χ0) is 22.0. The third-order valence-electron chi connectivity index (χ3n) is 5.23. The minimum absolute atomic E-state index is 0.167. The summed E-state index contributed by atoms with van der Waals surface area (Å²) in [5.74, 6) is 0.539. The van der Waals surface area contributed by atoms with Crippen LogP contribution in [0.15, 0.2) is 59.6 Å². The molecule has 1 N–H and O–H groups in total. The van der Waals surface area contributed by atoms with Gasteiger partial charge in [-0.05, 0) is 61.4 Å². The largest absolute Gasteiger partial charge is 0.369 e. The van der Waals surface area contributed by atoms with E-state index < -0.39 is 21.9 Å². The topological polar surface area (TPSA) is 84.4 Å². The molecule has 0 aliphatic carbocycles. The van der Waals surface area contributed by atoms with Crippen LogP contribution in [0.4, 0.5) is 16.0 Å². The van der Waals surface area contributed by atoms with Crippen LogP contribution in [0, 0.1) is 19.7 Å². The van der Waals surface area contributed by atoms with Crippen LogP contribution in [0.3, 0.4) is 0 Å². The van der Waals surface area contributed by atoms with Crippen LogP contribution in [-0.2, 0) is 14.8 Å². The summed E-state index contributed by atoms with van der Waals surface area (Å²) in [7, 11) is -3.64. The van der Waals surface area contributed by atoms with Crippen molar-refractivity contribution in [1.29, 1.82) is 0 Å². The molecule has 3 heterocycles. The van der Waals surface area contributed by atoms with Crippen LogP contribution in [-0.4, -0.2) is 42.4 Å². The summed E-state index contributed by atoms with van der Waals surface area (Å²) in [5.41, 5.74) is 2.58. The van der Waals surface area contributed by atoms with E-state index in [0.717, 1.165) is 17.3 Å². The number of benzene rings is 1. The van der Waals surface area contributed by atoms with Crippen molar-refractivity contribution in [3.63, 3.8) is 0 Å². The van der Waals surface area contributed by atoms with Crippen molar-refractivity contribution in [2.45, 2.75) is 24.8 Å². The number of sulfonamides is 1. The summed E-state index contributed by atoms with van der Waals surface area (Å²) in [6, 6.07) is 13.3. The Hall–Kier alpha value is -2.88. The molecule has 1 atom stereocenters. The number of hydrogen-bond acceptors (Lipinski definition) is 6. The van der Waals surface area contributed by atoms with Crippen molar-refractivity contribution in [3.8, 4) is 0 Å². The number of morpholine rings is 1. The molecule has 2 aromatic heterocycles. The van der Waals surface area contributed by atoms with Crippen LogP contribution >= 0.6 is 0 Å². The lowest BCUT2D eigenvalue weighted by Crippen LogP contribution is -2.42. The van der Waals surface area contributed by atoms with Crippen molar-refractivity contribution in [3.05, 3.63) is 77.4 Å². The average Bonchev–Trinajstić information content (AvgIpc) is 2.77. The Labute approximate surface area is 181 Å². The van der Waals surface area contributed by atoms with Gasteiger partial charge in [0, 0.05) is 13.1 Å². The van der Waals surface area contributed by atoms with E-state index in [1.807, 2.05) is 19.9 Å². The number of nitrogens with zero attached hydrogens (tertiary/aromatic N) is 3. The average molecular weight is 443 g/mol. The lowest BCUT2D eigenvalue weighted by molar-refractivity contribution is -0.00486. The molecule has 0 saturated carbocycles. The van der Waals surface area contributed by atoms with Crippen molar-refractivity contribution >= 4 is 21.7 Å². The molecule has 4 rings (SSSR count). The van der Waals surface area contributed by atoms with Crippen molar-refractivity contribution in [2.75, 3.05) is 25.0 Å². The molecule has 7 nitrogen and oxygen atoms in total. The number of anilines is 2. The van der Waals surface area contributed by atoms with Gasteiger partial charge in [-0.2, -0.15) is 4.31 Å². The Morgan fingerprint density at radius 1 is 1.10 bits per heavy atom. The van der Waals surface area contributed by atoms with Gasteiger partial charge in [0.2, 0.25) is 10.0 Å². The second kappa shape index (κ2) is 8.70. The van der Waals surface area contributed by atoms with Crippen molar-refractivity contribution < 1.29 is 17.5 Å². The van der Waals surface area contributed by atoms with Crippen molar-refractivity contribution in [2.24, 2.45) is 0 Å². The van der Waals surface area contributed by atoms with Gasteiger partial charge in [-0.3, -0.25) is 0 Å². The molecule has 1 aromatic carbocycles. The molecule has 1 aliphatic rings. The maximum Gasteiger partial charge on any atom is 0.243 e. The fourth-order valence-corrected chi connectivity index (χ4v) is 4.84. The first-order valence-electron chi connectivity index (χ1n) is 9.87. The van der Waals surface area contributed by atoms with E-state index >= 15 is 0 Å². The SMILES string of the molecule is Cc1ccc(S(=O)(=O)N2CCO[C@@H](c3cccc(Nc4ccc(F)cn4)n3)C2)cc1C. The number of aromatic nitrogens is 2. The molecule has 0 spiro atoms. The normalized spacial score (nSPS) is 17.5. The first-order valence-corrected chi connectivity index (χ1v) is 11.3. The third-order valence-corrected chi connectivity index (χ3v) is 7.09. The molecule has 1 saturated heterocycles. The smallest absolute Gasteiger partial charge is 0.243 e. The summed E-state index contributed by atoms with van der Waals surface area (Å²) in [6.07, 6.45) is 0.615. The number of rotatable bonds is 5. The number of hydrogen-bond donors (Lipinski definition) is 1. The maximum absolute atomic E-state index is 13.2. The van der Waals surface area contributed by atoms with Gasteiger partial charge in [-0.25, -0.2) is 22.8 Å². The predicted octanol–water partition coefficient (Wildman–Crippen LogP) is 3.74. The van der Waals surface area contributed by atoms with Gasteiger partial charge in [0.15, 0.2) is 0 Å². The lowest BCUT2D eigenvalue weighted by atomic mass is 10.1. The summed E-state index contributed by atoms with van der Waals surface area (Å²) >= 11 is 0. The summed E-state index contributed by atoms with van der Waals surface area (Å²) in [6.45, 7) is 4.57. The van der Waals surface area contributed by atoms with E-state index in [0.29, 0.717) is 17.3 Å². The molecule has 0 radical (unpaired) electrons. The summed E-state index contributed by atoms with van der Waals surface area (Å²) < 4.78 is 46.6. The third kappa shape index (κ3) is 4.73. The van der Waals surface area contributed by atoms with E-state index in [1.165, 1.54) is 16.4 Å². The van der Waals surface area contributed by atoms with Crippen LogP contribution in [0.5, 0.6) is 0 Å². The van der Waals surface area contributed by atoms with Crippen LogP contribution < -0.4 is 5.32 Å². The van der Waals surface area contributed by atoms with Gasteiger partial charge in [0.05, 0.1) is 23.4 Å². The highest BCUT2D eigenvalue weighted by molar-refractivity contribution is 7.89. The van der Waals surface area contributed by atoms with Gasteiger partial charge in [-0.1, -0.05) is 12.1 Å². The Morgan fingerprint density at radius 3 is 2.68 bits per heavy atom. The molecular weight excluding hydrogens is 419 g/mol. The number of nitrogens with one attached hydrogen (secondary N) is 1. The van der Waals surface area contributed by atoms with Crippen LogP contribution in [0.1, 0.15) is 22.9 Å². The number of aryl methyl sites for hydroxylation is 2. The molecule has 31 heavy (non-hydrogen) atoms. The van der Waals surface area contributed by atoms with E-state index in [-0.39, 0.29) is 24.6 Å². The molecule has 3 aromatic rings. The Bertz CT molecular complexity index is 1190. The number of pyridine rings is 2. The van der Waals surface area contributed by atoms with Gasteiger partial charge in [0.25, 0.3) is 0 Å². The minimum atomic E-state index is -3.64.